The summed E-state index contributed by atoms with van der Waals surface area (Å²) in [4.78, 5) is 27.7. The van der Waals surface area contributed by atoms with Crippen molar-refractivity contribution in [2.75, 3.05) is 7.11 Å². The second kappa shape index (κ2) is 7.53. The predicted molar refractivity (Wildman–Crippen MR) is 99.1 cm³/mol. The highest BCUT2D eigenvalue weighted by molar-refractivity contribution is 9.10. The number of esters is 2. The van der Waals surface area contributed by atoms with Gasteiger partial charge in [-0.2, -0.15) is 0 Å². The second-order valence-corrected chi connectivity index (χ2v) is 6.26. The minimum absolute atomic E-state index is 0.106. The zero-order chi connectivity index (χ0) is 18.7. The molecule has 0 atom stereocenters. The van der Waals surface area contributed by atoms with E-state index in [0.29, 0.717) is 22.6 Å². The van der Waals surface area contributed by atoms with E-state index in [1.165, 1.54) is 13.0 Å². The molecule has 0 saturated heterocycles. The van der Waals surface area contributed by atoms with Gasteiger partial charge in [0.05, 0.1) is 7.11 Å². The predicted octanol–water partition coefficient (Wildman–Crippen LogP) is 3.73. The number of hydrogen-bond donors (Lipinski definition) is 0. The van der Waals surface area contributed by atoms with Crippen molar-refractivity contribution >= 4 is 39.8 Å². The Hall–Kier alpha value is -2.93. The summed E-state index contributed by atoms with van der Waals surface area (Å²) in [5.41, 5.74) is 1.25. The first-order valence-electron chi connectivity index (χ1n) is 7.61. The molecule has 0 aromatic heterocycles. The van der Waals surface area contributed by atoms with Crippen LogP contribution in [0.2, 0.25) is 0 Å². The molecule has 1 aliphatic rings. The van der Waals surface area contributed by atoms with Gasteiger partial charge in [-0.25, -0.2) is 9.79 Å². The maximum absolute atomic E-state index is 12.2. The summed E-state index contributed by atoms with van der Waals surface area (Å²) < 4.78 is 16.3. The highest BCUT2D eigenvalue weighted by atomic mass is 79.9. The van der Waals surface area contributed by atoms with E-state index in [1.807, 2.05) is 0 Å². The molecule has 0 bridgehead atoms. The summed E-state index contributed by atoms with van der Waals surface area (Å²) >= 11 is 3.36. The van der Waals surface area contributed by atoms with E-state index in [2.05, 4.69) is 20.9 Å². The molecule has 7 heteroatoms. The first kappa shape index (κ1) is 17.9. The lowest BCUT2D eigenvalue weighted by molar-refractivity contribution is -0.132. The van der Waals surface area contributed by atoms with Crippen molar-refractivity contribution < 1.29 is 23.8 Å². The van der Waals surface area contributed by atoms with Gasteiger partial charge in [-0.05, 0) is 42.5 Å². The van der Waals surface area contributed by atoms with Gasteiger partial charge in [-0.15, -0.1) is 0 Å². The molecule has 1 heterocycles. The van der Waals surface area contributed by atoms with Gasteiger partial charge in [-0.1, -0.05) is 22.0 Å². The van der Waals surface area contributed by atoms with E-state index in [9.17, 15) is 9.59 Å². The largest absolute Gasteiger partial charge is 0.497 e. The lowest BCUT2D eigenvalue weighted by atomic mass is 10.1. The van der Waals surface area contributed by atoms with Gasteiger partial charge in [0.1, 0.15) is 11.5 Å². The van der Waals surface area contributed by atoms with Crippen molar-refractivity contribution in [1.29, 1.82) is 0 Å². The first-order valence-corrected chi connectivity index (χ1v) is 8.40. The molecule has 0 radical (unpaired) electrons. The normalized spacial score (nSPS) is 14.8. The third-order valence-electron chi connectivity index (χ3n) is 3.45. The number of ether oxygens (including phenoxy) is 3. The van der Waals surface area contributed by atoms with Crippen LogP contribution in [0.4, 0.5) is 0 Å². The summed E-state index contributed by atoms with van der Waals surface area (Å²) in [6, 6.07) is 12.1. The summed E-state index contributed by atoms with van der Waals surface area (Å²) in [6.45, 7) is 1.31. The minimum atomic E-state index is -0.587. The molecule has 26 heavy (non-hydrogen) atoms. The average Bonchev–Trinajstić information content (AvgIpc) is 2.98. The fourth-order valence-corrected chi connectivity index (χ4v) is 2.69. The molecule has 0 spiro atoms. The summed E-state index contributed by atoms with van der Waals surface area (Å²) in [5.74, 6) is 0.0936. The van der Waals surface area contributed by atoms with E-state index < -0.39 is 11.9 Å². The highest BCUT2D eigenvalue weighted by Gasteiger charge is 2.25. The molecule has 0 unspecified atom stereocenters. The Kier molecular flexibility index (Phi) is 5.18. The highest BCUT2D eigenvalue weighted by Crippen LogP contribution is 2.28. The lowest BCUT2D eigenvalue weighted by Gasteiger charge is -2.06. The topological polar surface area (TPSA) is 74.2 Å². The molecule has 0 saturated carbocycles. The summed E-state index contributed by atoms with van der Waals surface area (Å²) in [5, 5.41) is 0. The molecule has 3 rings (SSSR count). The Labute approximate surface area is 158 Å². The number of carbonyl (C=O) groups excluding carboxylic acids is 2. The fourth-order valence-electron chi connectivity index (χ4n) is 2.32. The molecule has 1 aliphatic heterocycles. The Morgan fingerprint density at radius 1 is 1.23 bits per heavy atom. The average molecular weight is 416 g/mol. The van der Waals surface area contributed by atoms with E-state index in [1.54, 1.807) is 49.6 Å². The van der Waals surface area contributed by atoms with E-state index in [4.69, 9.17) is 14.2 Å². The van der Waals surface area contributed by atoms with Gasteiger partial charge in [-0.3, -0.25) is 4.79 Å². The van der Waals surface area contributed by atoms with Crippen molar-refractivity contribution in [3.05, 3.63) is 63.8 Å². The molecule has 0 aliphatic carbocycles. The van der Waals surface area contributed by atoms with E-state index in [0.717, 1.165) is 4.47 Å². The summed E-state index contributed by atoms with van der Waals surface area (Å²) in [7, 11) is 1.55. The van der Waals surface area contributed by atoms with Gasteiger partial charge in [0.15, 0.2) is 5.70 Å². The molecule has 0 amide bonds. The SMILES string of the molecule is COc1cccc(C2=N/C(=C\c3cc(Br)ccc3OC(C)=O)C(=O)O2)c1. The zero-order valence-corrected chi connectivity index (χ0v) is 15.6. The van der Waals surface area contributed by atoms with Crippen LogP contribution in [-0.4, -0.2) is 24.9 Å². The Balaban J connectivity index is 1.98. The lowest BCUT2D eigenvalue weighted by Crippen LogP contribution is -2.05. The molecule has 2 aromatic rings. The number of rotatable bonds is 4. The Morgan fingerprint density at radius 2 is 2.04 bits per heavy atom. The zero-order valence-electron chi connectivity index (χ0n) is 14.0. The Morgan fingerprint density at radius 3 is 2.77 bits per heavy atom. The first-order chi connectivity index (χ1) is 12.5. The van der Waals surface area contributed by atoms with E-state index in [-0.39, 0.29) is 11.6 Å². The number of cyclic esters (lactones) is 1. The fraction of sp³-hybridized carbons (Fsp3) is 0.105. The van der Waals surface area contributed by atoms with Crippen LogP contribution < -0.4 is 9.47 Å². The molecular weight excluding hydrogens is 402 g/mol. The molecule has 0 fully saturated rings. The monoisotopic (exact) mass is 415 g/mol. The molecule has 2 aromatic carbocycles. The van der Waals surface area contributed by atoms with Crippen LogP contribution in [0.15, 0.2) is 57.6 Å². The summed E-state index contributed by atoms with van der Waals surface area (Å²) in [6.07, 6.45) is 1.51. The number of benzene rings is 2. The second-order valence-electron chi connectivity index (χ2n) is 5.34. The van der Waals surface area contributed by atoms with Gasteiger partial charge >= 0.3 is 11.9 Å². The molecule has 0 N–H and O–H groups in total. The number of methoxy groups -OCH3 is 1. The smallest absolute Gasteiger partial charge is 0.363 e. The maximum atomic E-state index is 12.2. The quantitative estimate of drug-likeness (QED) is 0.432. The van der Waals surface area contributed by atoms with Crippen molar-refractivity contribution in [3.63, 3.8) is 0 Å². The number of halogens is 1. The van der Waals surface area contributed by atoms with Crippen molar-refractivity contribution in [2.24, 2.45) is 4.99 Å². The van der Waals surface area contributed by atoms with Crippen molar-refractivity contribution in [1.82, 2.24) is 0 Å². The Bertz CT molecular complexity index is 949. The van der Waals surface area contributed by atoms with E-state index >= 15 is 0 Å². The van der Waals surface area contributed by atoms with Crippen molar-refractivity contribution in [3.8, 4) is 11.5 Å². The van der Waals surface area contributed by atoms with Crippen LogP contribution in [0.25, 0.3) is 6.08 Å². The van der Waals surface area contributed by atoms with Gasteiger partial charge in [0.25, 0.3) is 0 Å². The van der Waals surface area contributed by atoms with Gasteiger partial charge in [0, 0.05) is 22.5 Å². The molecule has 6 nitrogen and oxygen atoms in total. The van der Waals surface area contributed by atoms with Crippen LogP contribution in [0.3, 0.4) is 0 Å². The minimum Gasteiger partial charge on any atom is -0.497 e. The van der Waals surface area contributed by atoms with Crippen LogP contribution in [0.5, 0.6) is 11.5 Å². The molecular formula is C19H14BrNO5. The van der Waals surface area contributed by atoms with Gasteiger partial charge < -0.3 is 14.2 Å². The molecule has 132 valence electrons. The third kappa shape index (κ3) is 4.00. The maximum Gasteiger partial charge on any atom is 0.363 e. The van der Waals surface area contributed by atoms with Gasteiger partial charge in [0.2, 0.25) is 5.90 Å². The number of hydrogen-bond acceptors (Lipinski definition) is 6. The number of nitrogens with zero attached hydrogens (tertiary/aromatic N) is 1. The number of carbonyl (C=O) groups is 2. The van der Waals surface area contributed by atoms with Crippen LogP contribution in [0.1, 0.15) is 18.1 Å². The third-order valence-corrected chi connectivity index (χ3v) is 3.95. The standard InChI is InChI=1S/C19H14BrNO5/c1-11(22)25-17-7-6-14(20)8-13(17)10-16-19(23)26-18(21-16)12-4-3-5-15(9-12)24-2/h3-10H,1-2H3/b16-10-. The van der Waals surface area contributed by atoms with Crippen LogP contribution in [0, 0.1) is 0 Å². The van der Waals surface area contributed by atoms with Crippen molar-refractivity contribution in [2.45, 2.75) is 6.92 Å². The van der Waals surface area contributed by atoms with Crippen LogP contribution in [-0.2, 0) is 14.3 Å². The van der Waals surface area contributed by atoms with Crippen LogP contribution >= 0.6 is 15.9 Å². The number of aliphatic imine (C=N–C) groups is 1.